The molecular weight excluding hydrogens is 281 g/mol. The molecule has 0 aliphatic carbocycles. The predicted molar refractivity (Wildman–Crippen MR) is 87.2 cm³/mol. The first-order valence-corrected chi connectivity index (χ1v) is 7.98. The van der Waals surface area contributed by atoms with E-state index in [1.54, 1.807) is 17.8 Å². The third-order valence-electron chi connectivity index (χ3n) is 3.67. The highest BCUT2D eigenvalue weighted by molar-refractivity contribution is 7.99. The van der Waals surface area contributed by atoms with Crippen molar-refractivity contribution < 1.29 is 4.39 Å². The molecule has 108 valence electrons. The van der Waals surface area contributed by atoms with Crippen molar-refractivity contribution in [1.29, 1.82) is 0 Å². The van der Waals surface area contributed by atoms with Gasteiger partial charge in [-0.25, -0.2) is 4.39 Å². The van der Waals surface area contributed by atoms with Crippen molar-refractivity contribution in [2.24, 2.45) is 0 Å². The molecule has 0 saturated heterocycles. The van der Waals surface area contributed by atoms with Crippen LogP contribution < -0.4 is 5.32 Å². The van der Waals surface area contributed by atoms with Gasteiger partial charge in [0.15, 0.2) is 0 Å². The first-order chi connectivity index (χ1) is 10.2. The highest BCUT2D eigenvalue weighted by Crippen LogP contribution is 2.32. The standard InChI is InChI=1S/C18H18FNS/c1-13-2-5-16(19)12-18(13)21-17-6-3-14(4-7-17)15-8-10-20-11-9-15/h2-8,12,20H,9-11H2,1H3. The summed E-state index contributed by atoms with van der Waals surface area (Å²) in [6.07, 6.45) is 3.33. The Labute approximate surface area is 129 Å². The Morgan fingerprint density at radius 3 is 2.62 bits per heavy atom. The molecule has 3 rings (SSSR count). The summed E-state index contributed by atoms with van der Waals surface area (Å²) in [6, 6.07) is 13.5. The van der Waals surface area contributed by atoms with Gasteiger partial charge in [0.2, 0.25) is 0 Å². The van der Waals surface area contributed by atoms with E-state index in [0.29, 0.717) is 0 Å². The van der Waals surface area contributed by atoms with Gasteiger partial charge in [-0.05, 0) is 60.9 Å². The average Bonchev–Trinajstić information content (AvgIpc) is 2.53. The summed E-state index contributed by atoms with van der Waals surface area (Å²) in [6.45, 7) is 4.01. The number of rotatable bonds is 3. The van der Waals surface area contributed by atoms with Crippen molar-refractivity contribution in [3.8, 4) is 0 Å². The van der Waals surface area contributed by atoms with E-state index in [-0.39, 0.29) is 5.82 Å². The third-order valence-corrected chi connectivity index (χ3v) is 4.83. The largest absolute Gasteiger partial charge is 0.313 e. The van der Waals surface area contributed by atoms with E-state index in [2.05, 4.69) is 35.7 Å². The van der Waals surface area contributed by atoms with Crippen LogP contribution in [-0.4, -0.2) is 13.1 Å². The van der Waals surface area contributed by atoms with Crippen molar-refractivity contribution >= 4 is 17.3 Å². The van der Waals surface area contributed by atoms with Gasteiger partial charge < -0.3 is 5.32 Å². The van der Waals surface area contributed by atoms with E-state index in [0.717, 1.165) is 34.9 Å². The second kappa shape index (κ2) is 6.46. The Bertz CT molecular complexity index is 661. The molecule has 0 unspecified atom stereocenters. The first kappa shape index (κ1) is 14.4. The van der Waals surface area contributed by atoms with Crippen LogP contribution in [0.4, 0.5) is 4.39 Å². The summed E-state index contributed by atoms with van der Waals surface area (Å²) in [5, 5.41) is 3.32. The van der Waals surface area contributed by atoms with Gasteiger partial charge in [-0.1, -0.05) is 36.0 Å². The quantitative estimate of drug-likeness (QED) is 0.884. The van der Waals surface area contributed by atoms with Gasteiger partial charge in [-0.15, -0.1) is 0 Å². The molecule has 0 bridgehead atoms. The van der Waals surface area contributed by atoms with Crippen molar-refractivity contribution in [2.45, 2.75) is 23.1 Å². The number of nitrogens with one attached hydrogen (secondary N) is 1. The summed E-state index contributed by atoms with van der Waals surface area (Å²) in [4.78, 5) is 2.12. The number of benzene rings is 2. The van der Waals surface area contributed by atoms with E-state index in [1.165, 1.54) is 17.2 Å². The molecule has 0 atom stereocenters. The summed E-state index contributed by atoms with van der Waals surface area (Å²) in [7, 11) is 0. The maximum Gasteiger partial charge on any atom is 0.124 e. The molecule has 21 heavy (non-hydrogen) atoms. The number of hydrogen-bond acceptors (Lipinski definition) is 2. The molecule has 0 radical (unpaired) electrons. The molecule has 0 spiro atoms. The molecule has 0 amide bonds. The molecule has 2 aromatic rings. The van der Waals surface area contributed by atoms with E-state index in [4.69, 9.17) is 0 Å². The second-order valence-electron chi connectivity index (χ2n) is 5.22. The molecule has 1 heterocycles. The number of aryl methyl sites for hydroxylation is 1. The normalized spacial score (nSPS) is 14.9. The van der Waals surface area contributed by atoms with Crippen molar-refractivity contribution in [3.05, 3.63) is 65.5 Å². The van der Waals surface area contributed by atoms with Crippen molar-refractivity contribution in [2.75, 3.05) is 13.1 Å². The molecule has 1 nitrogen and oxygen atoms in total. The highest BCUT2D eigenvalue weighted by Gasteiger charge is 2.07. The Morgan fingerprint density at radius 2 is 1.90 bits per heavy atom. The summed E-state index contributed by atoms with van der Waals surface area (Å²) >= 11 is 1.61. The van der Waals surface area contributed by atoms with Crippen LogP contribution in [0, 0.1) is 12.7 Å². The van der Waals surface area contributed by atoms with E-state index in [1.807, 2.05) is 13.0 Å². The topological polar surface area (TPSA) is 12.0 Å². The number of hydrogen-bond donors (Lipinski definition) is 1. The lowest BCUT2D eigenvalue weighted by Gasteiger charge is -2.14. The Balaban J connectivity index is 1.78. The van der Waals surface area contributed by atoms with Crippen LogP contribution in [0.3, 0.4) is 0 Å². The minimum Gasteiger partial charge on any atom is -0.313 e. The van der Waals surface area contributed by atoms with Gasteiger partial charge in [-0.3, -0.25) is 0 Å². The molecule has 0 fully saturated rings. The van der Waals surface area contributed by atoms with Crippen molar-refractivity contribution in [3.63, 3.8) is 0 Å². The average molecular weight is 299 g/mol. The van der Waals surface area contributed by atoms with Crippen LogP contribution in [0.2, 0.25) is 0 Å². The van der Waals surface area contributed by atoms with Gasteiger partial charge in [0.05, 0.1) is 0 Å². The molecule has 3 heteroatoms. The SMILES string of the molecule is Cc1ccc(F)cc1Sc1ccc(C2=CCNCC2)cc1. The fourth-order valence-corrected chi connectivity index (χ4v) is 3.36. The zero-order valence-corrected chi connectivity index (χ0v) is 12.8. The van der Waals surface area contributed by atoms with Gasteiger partial charge in [-0.2, -0.15) is 0 Å². The smallest absolute Gasteiger partial charge is 0.124 e. The Kier molecular flexibility index (Phi) is 4.42. The van der Waals surface area contributed by atoms with Gasteiger partial charge >= 0.3 is 0 Å². The maximum absolute atomic E-state index is 13.3. The number of halogens is 1. The van der Waals surface area contributed by atoms with Gasteiger partial charge in [0.1, 0.15) is 5.82 Å². The second-order valence-corrected chi connectivity index (χ2v) is 6.34. The van der Waals surface area contributed by atoms with Gasteiger partial charge in [0.25, 0.3) is 0 Å². The Hall–Kier alpha value is -1.58. The minimum atomic E-state index is -0.181. The molecule has 2 aromatic carbocycles. The zero-order chi connectivity index (χ0) is 14.7. The third kappa shape index (κ3) is 3.55. The fourth-order valence-electron chi connectivity index (χ4n) is 2.43. The summed E-state index contributed by atoms with van der Waals surface area (Å²) in [5.74, 6) is -0.181. The molecule has 1 aliphatic heterocycles. The van der Waals surface area contributed by atoms with E-state index >= 15 is 0 Å². The van der Waals surface area contributed by atoms with Crippen LogP contribution >= 0.6 is 11.8 Å². The maximum atomic E-state index is 13.3. The lowest BCUT2D eigenvalue weighted by Crippen LogP contribution is -2.19. The van der Waals surface area contributed by atoms with Crippen LogP contribution in [0.25, 0.3) is 5.57 Å². The lowest BCUT2D eigenvalue weighted by molar-refractivity contribution is 0.623. The summed E-state index contributed by atoms with van der Waals surface area (Å²) < 4.78 is 13.3. The molecule has 1 N–H and O–H groups in total. The lowest BCUT2D eigenvalue weighted by atomic mass is 10.0. The van der Waals surface area contributed by atoms with Gasteiger partial charge in [0, 0.05) is 16.3 Å². The highest BCUT2D eigenvalue weighted by atomic mass is 32.2. The van der Waals surface area contributed by atoms with Crippen LogP contribution in [0.15, 0.2) is 58.3 Å². The fraction of sp³-hybridized carbons (Fsp3) is 0.222. The molecule has 0 aromatic heterocycles. The molecule has 0 saturated carbocycles. The minimum absolute atomic E-state index is 0.181. The first-order valence-electron chi connectivity index (χ1n) is 7.16. The molecule has 1 aliphatic rings. The molecular formula is C18H18FNS. The van der Waals surface area contributed by atoms with Crippen LogP contribution in [-0.2, 0) is 0 Å². The monoisotopic (exact) mass is 299 g/mol. The van der Waals surface area contributed by atoms with E-state index < -0.39 is 0 Å². The predicted octanol–water partition coefficient (Wildman–Crippen LogP) is 4.66. The van der Waals surface area contributed by atoms with Crippen molar-refractivity contribution in [1.82, 2.24) is 5.32 Å². The van der Waals surface area contributed by atoms with E-state index in [9.17, 15) is 4.39 Å². The van der Waals surface area contributed by atoms with Crippen LogP contribution in [0.5, 0.6) is 0 Å². The Morgan fingerprint density at radius 1 is 1.10 bits per heavy atom. The summed E-state index contributed by atoms with van der Waals surface area (Å²) in [5.41, 5.74) is 3.80. The zero-order valence-electron chi connectivity index (χ0n) is 12.0. The van der Waals surface area contributed by atoms with Crippen LogP contribution in [0.1, 0.15) is 17.5 Å².